The first-order chi connectivity index (χ1) is 14.3. The SMILES string of the molecule is CN=C(NCCCOCC1CCCO1)NCCc1nccn1Cc1ccccc1.I. The monoisotopic (exact) mass is 527 g/mol. The summed E-state index contributed by atoms with van der Waals surface area (Å²) in [6.45, 7) is 4.78. The molecule has 1 aliphatic rings. The zero-order valence-corrected chi connectivity index (χ0v) is 20.1. The van der Waals surface area contributed by atoms with Crippen LogP contribution in [0.4, 0.5) is 0 Å². The van der Waals surface area contributed by atoms with E-state index in [1.54, 1.807) is 7.05 Å². The van der Waals surface area contributed by atoms with E-state index in [-0.39, 0.29) is 24.0 Å². The van der Waals surface area contributed by atoms with Crippen LogP contribution in [0.25, 0.3) is 0 Å². The first-order valence-corrected chi connectivity index (χ1v) is 10.5. The molecule has 1 aliphatic heterocycles. The third-order valence-corrected chi connectivity index (χ3v) is 4.95. The lowest BCUT2D eigenvalue weighted by molar-refractivity contribution is 0.0168. The van der Waals surface area contributed by atoms with E-state index >= 15 is 0 Å². The summed E-state index contributed by atoms with van der Waals surface area (Å²) in [4.78, 5) is 8.78. The number of nitrogens with zero attached hydrogens (tertiary/aromatic N) is 3. The highest BCUT2D eigenvalue weighted by atomic mass is 127. The quantitative estimate of drug-likeness (QED) is 0.204. The van der Waals surface area contributed by atoms with Crippen molar-refractivity contribution in [3.63, 3.8) is 0 Å². The van der Waals surface area contributed by atoms with Gasteiger partial charge in [-0.05, 0) is 24.8 Å². The van der Waals surface area contributed by atoms with Crippen LogP contribution in [0.15, 0.2) is 47.7 Å². The minimum absolute atomic E-state index is 0. The normalized spacial score (nSPS) is 16.3. The van der Waals surface area contributed by atoms with Gasteiger partial charge in [0, 0.05) is 58.7 Å². The molecule has 1 unspecified atom stereocenters. The molecule has 1 aromatic heterocycles. The lowest BCUT2D eigenvalue weighted by Crippen LogP contribution is -2.39. The summed E-state index contributed by atoms with van der Waals surface area (Å²) < 4.78 is 13.4. The van der Waals surface area contributed by atoms with Crippen molar-refractivity contribution in [1.82, 2.24) is 20.2 Å². The predicted octanol–water partition coefficient (Wildman–Crippen LogP) is 2.84. The fraction of sp³-hybridized carbons (Fsp3) is 0.545. The molecule has 2 N–H and O–H groups in total. The molecule has 3 rings (SSSR count). The Bertz CT molecular complexity index is 732. The number of hydrogen-bond donors (Lipinski definition) is 2. The predicted molar refractivity (Wildman–Crippen MR) is 131 cm³/mol. The van der Waals surface area contributed by atoms with Crippen LogP contribution < -0.4 is 10.6 Å². The van der Waals surface area contributed by atoms with E-state index in [0.29, 0.717) is 12.7 Å². The highest BCUT2D eigenvalue weighted by Crippen LogP contribution is 2.11. The van der Waals surface area contributed by atoms with Crippen LogP contribution in [-0.2, 0) is 22.4 Å². The Morgan fingerprint density at radius 3 is 2.87 bits per heavy atom. The van der Waals surface area contributed by atoms with Gasteiger partial charge in [0.15, 0.2) is 5.96 Å². The average molecular weight is 527 g/mol. The summed E-state index contributed by atoms with van der Waals surface area (Å²) >= 11 is 0. The number of nitrogens with one attached hydrogen (secondary N) is 2. The maximum atomic E-state index is 5.69. The number of imidazole rings is 1. The van der Waals surface area contributed by atoms with Crippen molar-refractivity contribution in [2.45, 2.75) is 38.3 Å². The molecule has 1 fully saturated rings. The summed E-state index contributed by atoms with van der Waals surface area (Å²) in [5, 5.41) is 6.69. The second kappa shape index (κ2) is 14.4. The van der Waals surface area contributed by atoms with Crippen molar-refractivity contribution >= 4 is 29.9 Å². The summed E-state index contributed by atoms with van der Waals surface area (Å²) in [6.07, 6.45) is 8.25. The van der Waals surface area contributed by atoms with Gasteiger partial charge in [-0.1, -0.05) is 30.3 Å². The largest absolute Gasteiger partial charge is 0.379 e. The molecule has 0 spiro atoms. The Balaban J connectivity index is 0.00000320. The summed E-state index contributed by atoms with van der Waals surface area (Å²) in [6, 6.07) is 10.4. The van der Waals surface area contributed by atoms with Crippen molar-refractivity contribution in [1.29, 1.82) is 0 Å². The van der Waals surface area contributed by atoms with E-state index in [4.69, 9.17) is 9.47 Å². The van der Waals surface area contributed by atoms with Gasteiger partial charge >= 0.3 is 0 Å². The van der Waals surface area contributed by atoms with Crippen molar-refractivity contribution in [3.8, 4) is 0 Å². The first kappa shape index (κ1) is 24.6. The van der Waals surface area contributed by atoms with Crippen molar-refractivity contribution in [2.24, 2.45) is 4.99 Å². The second-order valence-corrected chi connectivity index (χ2v) is 7.20. The van der Waals surface area contributed by atoms with Gasteiger partial charge < -0.3 is 24.7 Å². The standard InChI is InChI=1S/C22H33N5O2.HI/c1-23-22(25-11-6-15-28-18-20-9-5-16-29-20)26-12-10-21-24-13-14-27(21)17-19-7-3-2-4-8-19;/h2-4,7-8,13-14,20H,5-6,9-12,15-18H2,1H3,(H2,23,25,26);1H. The van der Waals surface area contributed by atoms with E-state index in [2.05, 4.69) is 49.4 Å². The molecule has 1 atom stereocenters. The third kappa shape index (κ3) is 8.61. The van der Waals surface area contributed by atoms with Gasteiger partial charge in [0.2, 0.25) is 0 Å². The molecule has 7 nitrogen and oxygen atoms in total. The zero-order chi connectivity index (χ0) is 20.2. The smallest absolute Gasteiger partial charge is 0.190 e. The van der Waals surface area contributed by atoms with Crippen molar-refractivity contribution in [3.05, 3.63) is 54.1 Å². The number of aromatic nitrogens is 2. The maximum Gasteiger partial charge on any atom is 0.190 e. The number of ether oxygens (including phenoxy) is 2. The van der Waals surface area contributed by atoms with Gasteiger partial charge in [0.1, 0.15) is 5.82 Å². The number of aliphatic imine (C=N–C) groups is 1. The van der Waals surface area contributed by atoms with Crippen LogP contribution >= 0.6 is 24.0 Å². The van der Waals surface area contributed by atoms with Gasteiger partial charge in [-0.25, -0.2) is 4.98 Å². The molecule has 0 bridgehead atoms. The third-order valence-electron chi connectivity index (χ3n) is 4.95. The molecule has 1 saturated heterocycles. The average Bonchev–Trinajstić information content (AvgIpc) is 3.42. The Kier molecular flexibility index (Phi) is 11.8. The van der Waals surface area contributed by atoms with Crippen LogP contribution in [0, 0.1) is 0 Å². The molecular formula is C22H34IN5O2. The molecule has 166 valence electrons. The van der Waals surface area contributed by atoms with E-state index < -0.39 is 0 Å². The highest BCUT2D eigenvalue weighted by molar-refractivity contribution is 14.0. The molecule has 0 radical (unpaired) electrons. The molecule has 2 heterocycles. The summed E-state index contributed by atoms with van der Waals surface area (Å²) in [5.74, 6) is 1.88. The highest BCUT2D eigenvalue weighted by Gasteiger charge is 2.14. The van der Waals surface area contributed by atoms with Gasteiger partial charge in [-0.3, -0.25) is 4.99 Å². The van der Waals surface area contributed by atoms with Crippen LogP contribution in [0.3, 0.4) is 0 Å². The van der Waals surface area contributed by atoms with Crippen molar-refractivity contribution in [2.75, 3.05) is 40.0 Å². The van der Waals surface area contributed by atoms with Gasteiger partial charge in [-0.15, -0.1) is 24.0 Å². The number of hydrogen-bond acceptors (Lipinski definition) is 4. The Morgan fingerprint density at radius 2 is 2.10 bits per heavy atom. The number of guanidine groups is 1. The van der Waals surface area contributed by atoms with Gasteiger partial charge in [-0.2, -0.15) is 0 Å². The van der Waals surface area contributed by atoms with Crippen LogP contribution in [0.1, 0.15) is 30.7 Å². The Labute approximate surface area is 196 Å². The van der Waals surface area contributed by atoms with Crippen LogP contribution in [0.5, 0.6) is 0 Å². The molecular weight excluding hydrogens is 493 g/mol. The van der Waals surface area contributed by atoms with Crippen LogP contribution in [-0.4, -0.2) is 61.6 Å². The fourth-order valence-corrected chi connectivity index (χ4v) is 3.38. The van der Waals surface area contributed by atoms with E-state index in [0.717, 1.165) is 70.3 Å². The summed E-state index contributed by atoms with van der Waals surface area (Å²) in [7, 11) is 1.79. The van der Waals surface area contributed by atoms with Crippen LogP contribution in [0.2, 0.25) is 0 Å². The van der Waals surface area contributed by atoms with E-state index in [9.17, 15) is 0 Å². The zero-order valence-electron chi connectivity index (χ0n) is 17.8. The Morgan fingerprint density at radius 1 is 1.27 bits per heavy atom. The lowest BCUT2D eigenvalue weighted by Gasteiger charge is -2.13. The van der Waals surface area contributed by atoms with E-state index in [1.165, 1.54) is 5.56 Å². The molecule has 1 aromatic carbocycles. The van der Waals surface area contributed by atoms with Gasteiger partial charge in [0.05, 0.1) is 12.7 Å². The summed E-state index contributed by atoms with van der Waals surface area (Å²) in [5.41, 5.74) is 1.28. The number of rotatable bonds is 11. The minimum Gasteiger partial charge on any atom is -0.379 e. The molecule has 0 saturated carbocycles. The molecule has 30 heavy (non-hydrogen) atoms. The molecule has 2 aromatic rings. The fourth-order valence-electron chi connectivity index (χ4n) is 3.38. The maximum absolute atomic E-state index is 5.69. The van der Waals surface area contributed by atoms with Gasteiger partial charge in [0.25, 0.3) is 0 Å². The molecule has 0 amide bonds. The number of halogens is 1. The Hall–Kier alpha value is -1.65. The second-order valence-electron chi connectivity index (χ2n) is 7.20. The molecule has 8 heteroatoms. The lowest BCUT2D eigenvalue weighted by atomic mass is 10.2. The molecule has 0 aliphatic carbocycles. The first-order valence-electron chi connectivity index (χ1n) is 10.5. The van der Waals surface area contributed by atoms with Crippen molar-refractivity contribution < 1.29 is 9.47 Å². The number of benzene rings is 1. The minimum atomic E-state index is 0. The topological polar surface area (TPSA) is 72.7 Å². The van der Waals surface area contributed by atoms with E-state index in [1.807, 2.05) is 18.5 Å².